The Balaban J connectivity index is 2.20. The van der Waals surface area contributed by atoms with Gasteiger partial charge in [0.25, 0.3) is 0 Å². The fraction of sp³-hybridized carbons (Fsp3) is 0.238. The van der Waals surface area contributed by atoms with Crippen molar-refractivity contribution in [1.29, 1.82) is 0 Å². The highest BCUT2D eigenvalue weighted by atomic mass is 35.5. The number of methoxy groups -OCH3 is 1. The number of rotatable bonds is 8. The van der Waals surface area contributed by atoms with Crippen molar-refractivity contribution in [2.24, 2.45) is 10.2 Å². The fourth-order valence-electron chi connectivity index (χ4n) is 2.31. The van der Waals surface area contributed by atoms with Crippen molar-refractivity contribution >= 4 is 34.8 Å². The first-order valence-electron chi connectivity index (χ1n) is 8.66. The number of esters is 1. The molecule has 0 atom stereocenters. The Morgan fingerprint density at radius 1 is 0.964 bits per heavy atom. The summed E-state index contributed by atoms with van der Waals surface area (Å²) in [6.07, 6.45) is -0.228. The van der Waals surface area contributed by atoms with Gasteiger partial charge in [0.1, 0.15) is 5.75 Å². The lowest BCUT2D eigenvalue weighted by Crippen LogP contribution is -2.20. The number of carbonyl (C=O) groups excluding carboxylic acids is 2. The zero-order valence-corrected chi connectivity index (χ0v) is 16.7. The molecule has 0 heterocycles. The van der Waals surface area contributed by atoms with E-state index in [1.807, 2.05) is 31.2 Å². The molecule has 146 valence electrons. The Bertz CT molecular complexity index is 888. The van der Waals surface area contributed by atoms with Crippen LogP contribution in [0.3, 0.4) is 0 Å². The fourth-order valence-corrected chi connectivity index (χ4v) is 2.43. The number of nitrogens with zero attached hydrogens (tertiary/aromatic N) is 2. The van der Waals surface area contributed by atoms with Crippen LogP contribution in [0.2, 0.25) is 5.02 Å². The van der Waals surface area contributed by atoms with Crippen LogP contribution in [-0.4, -0.2) is 36.9 Å². The lowest BCUT2D eigenvalue weighted by molar-refractivity contribution is -0.132. The maximum Gasteiger partial charge on any atom is 0.354 e. The number of ether oxygens (including phenoxy) is 2. The molecule has 2 aromatic rings. The van der Waals surface area contributed by atoms with Crippen molar-refractivity contribution < 1.29 is 19.1 Å². The summed E-state index contributed by atoms with van der Waals surface area (Å²) in [5.41, 5.74) is 1.75. The second-order valence-corrected chi connectivity index (χ2v) is 6.22. The first kappa shape index (κ1) is 21.3. The smallest absolute Gasteiger partial charge is 0.354 e. The van der Waals surface area contributed by atoms with Crippen molar-refractivity contribution in [1.82, 2.24) is 0 Å². The van der Waals surface area contributed by atoms with E-state index in [2.05, 4.69) is 10.2 Å². The van der Waals surface area contributed by atoms with E-state index in [0.717, 1.165) is 11.3 Å². The molecule has 28 heavy (non-hydrogen) atoms. The lowest BCUT2D eigenvalue weighted by Gasteiger charge is -2.05. The number of carbonyl (C=O) groups is 2. The number of hydrogen-bond donors (Lipinski definition) is 0. The molecule has 0 aromatic heterocycles. The predicted octanol–water partition coefficient (Wildman–Crippen LogP) is 4.35. The number of halogens is 1. The molecule has 0 amide bonds. The van der Waals surface area contributed by atoms with Crippen LogP contribution in [0, 0.1) is 0 Å². The second kappa shape index (κ2) is 10.4. The molecule has 0 radical (unpaired) electrons. The molecule has 0 aliphatic heterocycles. The molecule has 0 N–H and O–H groups in total. The van der Waals surface area contributed by atoms with Gasteiger partial charge in [-0.25, -0.2) is 4.79 Å². The molecule has 0 saturated heterocycles. The van der Waals surface area contributed by atoms with Gasteiger partial charge in [-0.1, -0.05) is 11.6 Å². The molecule has 0 unspecified atom stereocenters. The molecule has 2 rings (SSSR count). The van der Waals surface area contributed by atoms with Crippen molar-refractivity contribution in [3.63, 3.8) is 0 Å². The number of Topliss-reactive ketones (excluding diaryl/α,β-unsaturated/α-hetero) is 1. The quantitative estimate of drug-likeness (QED) is 0.285. The molecule has 7 heteroatoms. The molecule has 0 spiro atoms. The topological polar surface area (TPSA) is 77.3 Å². The Morgan fingerprint density at radius 3 is 2.14 bits per heavy atom. The minimum absolute atomic E-state index is 0.0762. The van der Waals surface area contributed by atoms with Crippen molar-refractivity contribution in [2.45, 2.75) is 20.3 Å². The Hall–Kier alpha value is -2.99. The highest BCUT2D eigenvalue weighted by Crippen LogP contribution is 2.14. The van der Waals surface area contributed by atoms with Gasteiger partial charge in [0.15, 0.2) is 11.5 Å². The SMILES string of the molecule is CCOc1ccc(C(C)=NN=C(CC(=O)c2ccc(Cl)cc2)C(=O)OC)cc1. The average Bonchev–Trinajstić information content (AvgIpc) is 2.71. The van der Waals surface area contributed by atoms with Gasteiger partial charge in [-0.2, -0.15) is 5.10 Å². The highest BCUT2D eigenvalue weighted by molar-refractivity contribution is 6.40. The largest absolute Gasteiger partial charge is 0.494 e. The zero-order chi connectivity index (χ0) is 20.5. The maximum absolute atomic E-state index is 12.4. The number of benzene rings is 2. The molecule has 0 saturated carbocycles. The van der Waals surface area contributed by atoms with Gasteiger partial charge in [-0.3, -0.25) is 4.79 Å². The van der Waals surface area contributed by atoms with Gasteiger partial charge in [0, 0.05) is 10.6 Å². The van der Waals surface area contributed by atoms with E-state index in [1.54, 1.807) is 31.2 Å². The van der Waals surface area contributed by atoms with E-state index in [9.17, 15) is 9.59 Å². The number of hydrogen-bond acceptors (Lipinski definition) is 6. The van der Waals surface area contributed by atoms with E-state index in [1.165, 1.54) is 7.11 Å². The summed E-state index contributed by atoms with van der Waals surface area (Å²) in [4.78, 5) is 24.4. The molecule has 0 aliphatic rings. The molecule has 0 fully saturated rings. The van der Waals surface area contributed by atoms with Crippen LogP contribution >= 0.6 is 11.6 Å². The highest BCUT2D eigenvalue weighted by Gasteiger charge is 2.18. The van der Waals surface area contributed by atoms with Crippen molar-refractivity contribution in [2.75, 3.05) is 13.7 Å². The van der Waals surface area contributed by atoms with Crippen LogP contribution in [0.25, 0.3) is 0 Å². The molecule has 0 bridgehead atoms. The van der Waals surface area contributed by atoms with Gasteiger partial charge in [-0.05, 0) is 67.9 Å². The van der Waals surface area contributed by atoms with E-state index < -0.39 is 5.97 Å². The Kier molecular flexibility index (Phi) is 7.89. The van der Waals surface area contributed by atoms with Gasteiger partial charge in [-0.15, -0.1) is 5.10 Å². The third-order valence-corrected chi connectivity index (χ3v) is 4.07. The zero-order valence-electron chi connectivity index (χ0n) is 15.9. The van der Waals surface area contributed by atoms with Gasteiger partial charge in [0.05, 0.1) is 25.8 Å². The first-order chi connectivity index (χ1) is 13.4. The summed E-state index contributed by atoms with van der Waals surface area (Å²) < 4.78 is 10.1. The predicted molar refractivity (Wildman–Crippen MR) is 110 cm³/mol. The normalized spacial score (nSPS) is 11.9. The lowest BCUT2D eigenvalue weighted by atomic mass is 10.1. The minimum atomic E-state index is -0.703. The van der Waals surface area contributed by atoms with Gasteiger partial charge in [0.2, 0.25) is 0 Å². The summed E-state index contributed by atoms with van der Waals surface area (Å²) in [6.45, 7) is 4.25. The van der Waals surface area contributed by atoms with Crippen LogP contribution in [0.4, 0.5) is 0 Å². The standard InChI is InChI=1S/C21H21ClN2O4/c1-4-28-18-11-7-15(8-12-18)14(2)23-24-19(21(26)27-3)13-20(25)16-5-9-17(22)10-6-16/h5-12H,4,13H2,1-3H3. The monoisotopic (exact) mass is 400 g/mol. The number of ketones is 1. The molecular weight excluding hydrogens is 380 g/mol. The summed E-state index contributed by atoms with van der Waals surface area (Å²) in [6, 6.07) is 13.7. The van der Waals surface area contributed by atoms with E-state index in [4.69, 9.17) is 21.1 Å². The summed E-state index contributed by atoms with van der Waals surface area (Å²) in [5.74, 6) is -0.230. The summed E-state index contributed by atoms with van der Waals surface area (Å²) in [5, 5.41) is 8.58. The minimum Gasteiger partial charge on any atom is -0.494 e. The van der Waals surface area contributed by atoms with Crippen LogP contribution in [-0.2, 0) is 9.53 Å². The summed E-state index contributed by atoms with van der Waals surface area (Å²) in [7, 11) is 1.23. The van der Waals surface area contributed by atoms with Crippen LogP contribution < -0.4 is 4.74 Å². The van der Waals surface area contributed by atoms with Crippen molar-refractivity contribution in [3.05, 3.63) is 64.7 Å². The van der Waals surface area contributed by atoms with Gasteiger partial charge >= 0.3 is 5.97 Å². The van der Waals surface area contributed by atoms with E-state index in [0.29, 0.717) is 22.9 Å². The van der Waals surface area contributed by atoms with E-state index in [-0.39, 0.29) is 17.9 Å². The summed E-state index contributed by atoms with van der Waals surface area (Å²) >= 11 is 5.83. The van der Waals surface area contributed by atoms with Crippen LogP contribution in [0.15, 0.2) is 58.7 Å². The first-order valence-corrected chi connectivity index (χ1v) is 9.03. The second-order valence-electron chi connectivity index (χ2n) is 5.79. The Morgan fingerprint density at radius 2 is 1.57 bits per heavy atom. The molecule has 6 nitrogen and oxygen atoms in total. The van der Waals surface area contributed by atoms with Crippen LogP contribution in [0.5, 0.6) is 5.75 Å². The van der Waals surface area contributed by atoms with Crippen LogP contribution in [0.1, 0.15) is 36.2 Å². The Labute approximate surface area is 168 Å². The third kappa shape index (κ3) is 6.03. The molecule has 0 aliphatic carbocycles. The van der Waals surface area contributed by atoms with Gasteiger partial charge < -0.3 is 9.47 Å². The molecular formula is C21H21ClN2O4. The van der Waals surface area contributed by atoms with E-state index >= 15 is 0 Å². The maximum atomic E-state index is 12.4. The van der Waals surface area contributed by atoms with Crippen molar-refractivity contribution in [3.8, 4) is 5.75 Å². The molecule has 2 aromatic carbocycles. The third-order valence-electron chi connectivity index (χ3n) is 3.82. The average molecular weight is 401 g/mol.